The fourth-order valence-electron chi connectivity index (χ4n) is 2.53. The van der Waals surface area contributed by atoms with Gasteiger partial charge in [0, 0.05) is 5.56 Å². The highest BCUT2D eigenvalue weighted by atomic mass is 16.6. The molecule has 0 fully saturated rings. The van der Waals surface area contributed by atoms with Crippen molar-refractivity contribution in [3.05, 3.63) is 81.9 Å². The molecule has 0 atom stereocenters. The molecule has 0 saturated carbocycles. The van der Waals surface area contributed by atoms with E-state index in [9.17, 15) is 14.9 Å². The van der Waals surface area contributed by atoms with Crippen molar-refractivity contribution in [3.8, 4) is 5.75 Å². The first-order chi connectivity index (χ1) is 11.1. The predicted octanol–water partition coefficient (Wildman–Crippen LogP) is 3.99. The van der Waals surface area contributed by atoms with Gasteiger partial charge in [0.05, 0.1) is 17.4 Å². The van der Waals surface area contributed by atoms with Crippen LogP contribution in [0.3, 0.4) is 0 Å². The van der Waals surface area contributed by atoms with Gasteiger partial charge in [-0.2, -0.15) is 0 Å². The van der Waals surface area contributed by atoms with Gasteiger partial charge in [0.15, 0.2) is 5.78 Å². The molecule has 0 bridgehead atoms. The molecule has 23 heavy (non-hydrogen) atoms. The summed E-state index contributed by atoms with van der Waals surface area (Å²) < 4.78 is 5.05. The second-order valence-electron chi connectivity index (χ2n) is 5.00. The van der Waals surface area contributed by atoms with E-state index < -0.39 is 4.92 Å². The minimum absolute atomic E-state index is 0.0823. The summed E-state index contributed by atoms with van der Waals surface area (Å²) in [7, 11) is 1.53. The Morgan fingerprint density at radius 3 is 2.35 bits per heavy atom. The molecule has 3 rings (SSSR count). The van der Waals surface area contributed by atoms with Gasteiger partial charge >= 0.3 is 0 Å². The van der Waals surface area contributed by atoms with E-state index >= 15 is 0 Å². The Balaban J connectivity index is 2.16. The lowest BCUT2D eigenvalue weighted by Gasteiger charge is -2.06. The van der Waals surface area contributed by atoms with E-state index in [-0.39, 0.29) is 17.0 Å². The highest BCUT2D eigenvalue weighted by Crippen LogP contribution is 2.31. The molecule has 0 saturated heterocycles. The fourth-order valence-corrected chi connectivity index (χ4v) is 2.53. The van der Waals surface area contributed by atoms with Crippen LogP contribution in [0.1, 0.15) is 15.9 Å². The van der Waals surface area contributed by atoms with E-state index in [1.54, 1.807) is 54.6 Å². The van der Waals surface area contributed by atoms with Crippen molar-refractivity contribution in [1.82, 2.24) is 0 Å². The number of carbonyl (C=O) groups is 1. The van der Waals surface area contributed by atoms with Gasteiger partial charge in [-0.1, -0.05) is 24.3 Å². The number of nitro groups is 1. The third-order valence-electron chi connectivity index (χ3n) is 3.68. The van der Waals surface area contributed by atoms with Crippen LogP contribution in [-0.2, 0) is 0 Å². The SMILES string of the molecule is COc1ccc(C(=O)c2ccc3ccccc3c2[N+](=O)[O-])cc1. The van der Waals surface area contributed by atoms with E-state index in [4.69, 9.17) is 4.74 Å². The maximum absolute atomic E-state index is 12.7. The number of nitrogens with zero attached hydrogens (tertiary/aromatic N) is 1. The van der Waals surface area contributed by atoms with Gasteiger partial charge in [-0.25, -0.2) is 0 Å². The van der Waals surface area contributed by atoms with E-state index in [0.717, 1.165) is 5.39 Å². The number of benzene rings is 3. The summed E-state index contributed by atoms with van der Waals surface area (Å²) >= 11 is 0. The summed E-state index contributed by atoms with van der Waals surface area (Å²) in [5.74, 6) is 0.236. The Labute approximate surface area is 132 Å². The van der Waals surface area contributed by atoms with E-state index in [1.807, 2.05) is 0 Å². The average Bonchev–Trinajstić information content (AvgIpc) is 2.60. The molecule has 0 aromatic heterocycles. The molecule has 0 radical (unpaired) electrons. The minimum Gasteiger partial charge on any atom is -0.497 e. The summed E-state index contributed by atoms with van der Waals surface area (Å²) in [5, 5.41) is 12.7. The Hall–Kier alpha value is -3.21. The van der Waals surface area contributed by atoms with Gasteiger partial charge in [0.1, 0.15) is 11.3 Å². The number of hydrogen-bond donors (Lipinski definition) is 0. The molecule has 0 aliphatic heterocycles. The van der Waals surface area contributed by atoms with Gasteiger partial charge in [-0.15, -0.1) is 0 Å². The molecule has 0 amide bonds. The fraction of sp³-hybridized carbons (Fsp3) is 0.0556. The Morgan fingerprint density at radius 1 is 1.00 bits per heavy atom. The quantitative estimate of drug-likeness (QED) is 0.415. The average molecular weight is 307 g/mol. The number of ether oxygens (including phenoxy) is 1. The Bertz CT molecular complexity index is 901. The first-order valence-electron chi connectivity index (χ1n) is 6.96. The lowest BCUT2D eigenvalue weighted by molar-refractivity contribution is -0.383. The van der Waals surface area contributed by atoms with Crippen LogP contribution in [0.25, 0.3) is 10.8 Å². The molecule has 114 valence electrons. The van der Waals surface area contributed by atoms with Crippen molar-refractivity contribution >= 4 is 22.2 Å². The van der Waals surface area contributed by atoms with Crippen molar-refractivity contribution in [1.29, 1.82) is 0 Å². The standard InChI is InChI=1S/C18H13NO4/c1-23-14-9-6-13(7-10-14)18(20)16-11-8-12-4-2-3-5-15(12)17(16)19(21)22/h2-11H,1H3. The van der Waals surface area contributed by atoms with Gasteiger partial charge in [-0.3, -0.25) is 14.9 Å². The van der Waals surface area contributed by atoms with Gasteiger partial charge in [0.25, 0.3) is 5.69 Å². The topological polar surface area (TPSA) is 69.4 Å². The van der Waals surface area contributed by atoms with Crippen LogP contribution < -0.4 is 4.74 Å². The number of carbonyl (C=O) groups excluding carboxylic acids is 1. The van der Waals surface area contributed by atoms with Crippen LogP contribution in [0.15, 0.2) is 60.7 Å². The first-order valence-corrected chi connectivity index (χ1v) is 6.96. The van der Waals surface area contributed by atoms with Crippen molar-refractivity contribution in [3.63, 3.8) is 0 Å². The summed E-state index contributed by atoms with van der Waals surface area (Å²) in [6.45, 7) is 0. The number of fused-ring (bicyclic) bond motifs is 1. The number of methoxy groups -OCH3 is 1. The van der Waals surface area contributed by atoms with Crippen LogP contribution in [0.5, 0.6) is 5.75 Å². The molecule has 5 heteroatoms. The molecular formula is C18H13NO4. The molecule has 3 aromatic rings. The number of nitro benzene ring substituents is 1. The molecule has 0 aliphatic rings. The summed E-state index contributed by atoms with van der Waals surface area (Å²) in [6, 6.07) is 16.7. The van der Waals surface area contributed by atoms with Gasteiger partial charge < -0.3 is 4.74 Å². The lowest BCUT2D eigenvalue weighted by Crippen LogP contribution is -2.06. The van der Waals surface area contributed by atoms with E-state index in [1.165, 1.54) is 13.2 Å². The Kier molecular flexibility index (Phi) is 3.76. The van der Waals surface area contributed by atoms with E-state index in [2.05, 4.69) is 0 Å². The first kappa shape index (κ1) is 14.7. The third kappa shape index (κ3) is 2.64. The zero-order valence-electron chi connectivity index (χ0n) is 12.4. The van der Waals surface area contributed by atoms with Crippen LogP contribution >= 0.6 is 0 Å². The van der Waals surface area contributed by atoms with Crippen molar-refractivity contribution < 1.29 is 14.5 Å². The van der Waals surface area contributed by atoms with Crippen LogP contribution in [0.4, 0.5) is 5.69 Å². The second-order valence-corrected chi connectivity index (χ2v) is 5.00. The highest BCUT2D eigenvalue weighted by molar-refractivity contribution is 6.15. The summed E-state index contributed by atoms with van der Waals surface area (Å²) in [6.07, 6.45) is 0. The van der Waals surface area contributed by atoms with Crippen molar-refractivity contribution in [2.45, 2.75) is 0 Å². The van der Waals surface area contributed by atoms with Gasteiger partial charge in [-0.05, 0) is 41.8 Å². The molecule has 5 nitrogen and oxygen atoms in total. The largest absolute Gasteiger partial charge is 0.497 e. The van der Waals surface area contributed by atoms with E-state index in [0.29, 0.717) is 16.7 Å². The summed E-state index contributed by atoms with van der Waals surface area (Å²) in [4.78, 5) is 23.7. The van der Waals surface area contributed by atoms with Crippen LogP contribution in [-0.4, -0.2) is 17.8 Å². The monoisotopic (exact) mass is 307 g/mol. The number of hydrogen-bond acceptors (Lipinski definition) is 4. The maximum atomic E-state index is 12.7. The zero-order chi connectivity index (χ0) is 16.4. The Morgan fingerprint density at radius 2 is 1.70 bits per heavy atom. The van der Waals surface area contributed by atoms with Crippen molar-refractivity contribution in [2.75, 3.05) is 7.11 Å². The molecular weight excluding hydrogens is 294 g/mol. The number of rotatable bonds is 4. The molecule has 0 N–H and O–H groups in total. The highest BCUT2D eigenvalue weighted by Gasteiger charge is 2.24. The summed E-state index contributed by atoms with van der Waals surface area (Å²) in [5.41, 5.74) is 0.298. The minimum atomic E-state index is -0.501. The van der Waals surface area contributed by atoms with Gasteiger partial charge in [0.2, 0.25) is 0 Å². The molecule has 0 spiro atoms. The lowest BCUT2D eigenvalue weighted by atomic mass is 9.97. The van der Waals surface area contributed by atoms with Crippen molar-refractivity contribution in [2.24, 2.45) is 0 Å². The smallest absolute Gasteiger partial charge is 0.288 e. The van der Waals surface area contributed by atoms with Crippen LogP contribution in [0.2, 0.25) is 0 Å². The second kappa shape index (κ2) is 5.88. The molecule has 0 aliphatic carbocycles. The maximum Gasteiger partial charge on any atom is 0.288 e. The molecule has 3 aromatic carbocycles. The third-order valence-corrected chi connectivity index (χ3v) is 3.68. The zero-order valence-corrected chi connectivity index (χ0v) is 12.4. The normalized spacial score (nSPS) is 10.5. The van der Waals surface area contributed by atoms with Crippen LogP contribution in [0, 0.1) is 10.1 Å². The molecule has 0 unspecified atom stereocenters. The number of ketones is 1. The predicted molar refractivity (Wildman–Crippen MR) is 87.0 cm³/mol. The molecule has 0 heterocycles.